The molecule has 1 atom stereocenters. The van der Waals surface area contributed by atoms with Gasteiger partial charge in [0.1, 0.15) is 0 Å². The second kappa shape index (κ2) is 6.18. The maximum absolute atomic E-state index is 11.7. The zero-order valence-electron chi connectivity index (χ0n) is 11.2. The summed E-state index contributed by atoms with van der Waals surface area (Å²) in [5.74, 6) is -0.0332. The summed E-state index contributed by atoms with van der Waals surface area (Å²) >= 11 is 0. The number of nitrogens with one attached hydrogen (secondary N) is 3. The average molecular weight is 275 g/mol. The highest BCUT2D eigenvalue weighted by Gasteiger charge is 2.20. The van der Waals surface area contributed by atoms with Gasteiger partial charge in [0.25, 0.3) is 0 Å². The monoisotopic (exact) mass is 275 g/mol. The Balaban J connectivity index is 1.83. The Morgan fingerprint density at radius 3 is 2.85 bits per heavy atom. The third kappa shape index (κ3) is 3.81. The molecule has 0 aliphatic carbocycles. The Morgan fingerprint density at radius 2 is 2.20 bits per heavy atom. The van der Waals surface area contributed by atoms with E-state index in [1.807, 2.05) is 0 Å². The van der Waals surface area contributed by atoms with E-state index in [1.54, 1.807) is 24.3 Å². The van der Waals surface area contributed by atoms with Crippen LogP contribution in [0.3, 0.4) is 0 Å². The van der Waals surface area contributed by atoms with Gasteiger partial charge >= 0.3 is 6.03 Å². The third-order valence-corrected chi connectivity index (χ3v) is 3.12. The van der Waals surface area contributed by atoms with Crippen molar-refractivity contribution >= 4 is 23.4 Å². The molecule has 6 heteroatoms. The smallest absolute Gasteiger partial charge is 0.319 e. The van der Waals surface area contributed by atoms with Gasteiger partial charge in [0, 0.05) is 30.3 Å². The lowest BCUT2D eigenvalue weighted by Gasteiger charge is -2.12. The first-order valence-corrected chi connectivity index (χ1v) is 6.50. The van der Waals surface area contributed by atoms with Crippen LogP contribution >= 0.6 is 0 Å². The first-order valence-electron chi connectivity index (χ1n) is 6.50. The van der Waals surface area contributed by atoms with E-state index >= 15 is 0 Å². The van der Waals surface area contributed by atoms with E-state index in [0.717, 1.165) is 6.42 Å². The van der Waals surface area contributed by atoms with Crippen LogP contribution in [0, 0.1) is 0 Å². The number of carbonyl (C=O) groups excluding carboxylic acids is 3. The van der Waals surface area contributed by atoms with Gasteiger partial charge < -0.3 is 16.0 Å². The molecule has 1 heterocycles. The Hall–Kier alpha value is -2.37. The van der Waals surface area contributed by atoms with E-state index in [2.05, 4.69) is 16.0 Å². The molecule has 3 amide bonds. The molecule has 106 valence electrons. The van der Waals surface area contributed by atoms with Gasteiger partial charge in [0.05, 0.1) is 0 Å². The van der Waals surface area contributed by atoms with Crippen LogP contribution in [-0.4, -0.2) is 30.3 Å². The first kappa shape index (κ1) is 14.0. The number of amides is 3. The van der Waals surface area contributed by atoms with Gasteiger partial charge in [-0.2, -0.15) is 0 Å². The number of benzene rings is 1. The van der Waals surface area contributed by atoms with E-state index in [4.69, 9.17) is 0 Å². The molecule has 0 radical (unpaired) electrons. The van der Waals surface area contributed by atoms with Crippen LogP contribution in [0.25, 0.3) is 0 Å². The predicted molar refractivity (Wildman–Crippen MR) is 74.6 cm³/mol. The van der Waals surface area contributed by atoms with Crippen molar-refractivity contribution in [2.24, 2.45) is 0 Å². The number of hydrogen-bond acceptors (Lipinski definition) is 3. The summed E-state index contributed by atoms with van der Waals surface area (Å²) in [7, 11) is 0. The second-order valence-electron chi connectivity index (χ2n) is 4.78. The van der Waals surface area contributed by atoms with Crippen LogP contribution in [0.2, 0.25) is 0 Å². The van der Waals surface area contributed by atoms with E-state index in [-0.39, 0.29) is 23.8 Å². The van der Waals surface area contributed by atoms with Crippen molar-refractivity contribution in [3.8, 4) is 0 Å². The van der Waals surface area contributed by atoms with Gasteiger partial charge in [-0.05, 0) is 25.5 Å². The Bertz CT molecular complexity index is 542. The topological polar surface area (TPSA) is 87.3 Å². The van der Waals surface area contributed by atoms with Gasteiger partial charge in [0.15, 0.2) is 5.78 Å². The molecule has 3 N–H and O–H groups in total. The zero-order chi connectivity index (χ0) is 14.5. The van der Waals surface area contributed by atoms with Gasteiger partial charge in [0.2, 0.25) is 5.91 Å². The highest BCUT2D eigenvalue weighted by molar-refractivity contribution is 5.96. The van der Waals surface area contributed by atoms with Crippen LogP contribution in [0.4, 0.5) is 10.5 Å². The molecule has 1 unspecified atom stereocenters. The largest absolute Gasteiger partial charge is 0.352 e. The summed E-state index contributed by atoms with van der Waals surface area (Å²) in [6.07, 6.45) is 1.24. The maximum atomic E-state index is 11.7. The number of rotatable bonds is 4. The maximum Gasteiger partial charge on any atom is 0.319 e. The van der Waals surface area contributed by atoms with Crippen molar-refractivity contribution in [3.63, 3.8) is 0 Å². The molecule has 1 aliphatic heterocycles. The molecule has 1 fully saturated rings. The fourth-order valence-corrected chi connectivity index (χ4v) is 2.04. The molecule has 0 bridgehead atoms. The molecule has 1 aliphatic rings. The number of anilines is 1. The fraction of sp³-hybridized carbons (Fsp3) is 0.357. The Labute approximate surface area is 116 Å². The number of Topliss-reactive ketones (excluding diaryl/α,β-unsaturated/α-hetero) is 1. The lowest BCUT2D eigenvalue weighted by molar-refractivity contribution is -0.119. The summed E-state index contributed by atoms with van der Waals surface area (Å²) in [6, 6.07) is 6.38. The molecule has 2 rings (SSSR count). The molecule has 1 saturated heterocycles. The van der Waals surface area contributed by atoms with E-state index in [0.29, 0.717) is 24.2 Å². The SMILES string of the molecule is CC(=O)c1cccc(NC(=O)NCC2CCC(=O)N2)c1. The van der Waals surface area contributed by atoms with Gasteiger partial charge in [-0.1, -0.05) is 12.1 Å². The van der Waals surface area contributed by atoms with Crippen LogP contribution in [-0.2, 0) is 4.79 Å². The Kier molecular flexibility index (Phi) is 4.34. The van der Waals surface area contributed by atoms with Crippen LogP contribution < -0.4 is 16.0 Å². The molecule has 0 spiro atoms. The molecule has 1 aromatic rings. The normalized spacial score (nSPS) is 17.4. The lowest BCUT2D eigenvalue weighted by atomic mass is 10.1. The fourth-order valence-electron chi connectivity index (χ4n) is 2.04. The molecule has 0 aromatic heterocycles. The van der Waals surface area contributed by atoms with Crippen molar-refractivity contribution in [1.82, 2.24) is 10.6 Å². The highest BCUT2D eigenvalue weighted by atomic mass is 16.2. The van der Waals surface area contributed by atoms with Gasteiger partial charge in [-0.3, -0.25) is 9.59 Å². The summed E-state index contributed by atoms with van der Waals surface area (Å²) in [6.45, 7) is 1.87. The number of ketones is 1. The standard InChI is InChI=1S/C14H17N3O3/c1-9(18)10-3-2-4-11(7-10)17-14(20)15-8-12-5-6-13(19)16-12/h2-4,7,12H,5-6,8H2,1H3,(H,16,19)(H2,15,17,20). The van der Waals surface area contributed by atoms with Crippen LogP contribution in [0.1, 0.15) is 30.1 Å². The van der Waals surface area contributed by atoms with Crippen molar-refractivity contribution in [3.05, 3.63) is 29.8 Å². The predicted octanol–water partition coefficient (Wildman–Crippen LogP) is 1.29. The minimum atomic E-state index is -0.355. The average Bonchev–Trinajstić information content (AvgIpc) is 2.82. The minimum absolute atomic E-state index is 0.00296. The van der Waals surface area contributed by atoms with Crippen LogP contribution in [0.15, 0.2) is 24.3 Å². The summed E-state index contributed by atoms with van der Waals surface area (Å²) in [5, 5.41) is 8.12. The molecule has 1 aromatic carbocycles. The van der Waals surface area contributed by atoms with Crippen molar-refractivity contribution < 1.29 is 14.4 Å². The molecule has 6 nitrogen and oxygen atoms in total. The molecular weight excluding hydrogens is 258 g/mol. The zero-order valence-corrected chi connectivity index (χ0v) is 11.2. The summed E-state index contributed by atoms with van der Waals surface area (Å²) < 4.78 is 0. The molecule has 20 heavy (non-hydrogen) atoms. The third-order valence-electron chi connectivity index (χ3n) is 3.12. The van der Waals surface area contributed by atoms with Crippen molar-refractivity contribution in [2.75, 3.05) is 11.9 Å². The number of carbonyl (C=O) groups is 3. The summed E-state index contributed by atoms with van der Waals surface area (Å²) in [5.41, 5.74) is 1.11. The molecule has 0 saturated carbocycles. The van der Waals surface area contributed by atoms with E-state index < -0.39 is 0 Å². The minimum Gasteiger partial charge on any atom is -0.352 e. The second-order valence-corrected chi connectivity index (χ2v) is 4.78. The quantitative estimate of drug-likeness (QED) is 0.723. The number of hydrogen-bond donors (Lipinski definition) is 3. The van der Waals surface area contributed by atoms with Crippen molar-refractivity contribution in [1.29, 1.82) is 0 Å². The van der Waals surface area contributed by atoms with Crippen molar-refractivity contribution in [2.45, 2.75) is 25.8 Å². The van der Waals surface area contributed by atoms with Gasteiger partial charge in [-0.15, -0.1) is 0 Å². The summed E-state index contributed by atoms with van der Waals surface area (Å²) in [4.78, 5) is 34.0. The first-order chi connectivity index (χ1) is 9.54. The highest BCUT2D eigenvalue weighted by Crippen LogP contribution is 2.11. The van der Waals surface area contributed by atoms with Gasteiger partial charge in [-0.25, -0.2) is 4.79 Å². The number of urea groups is 1. The van der Waals surface area contributed by atoms with E-state index in [9.17, 15) is 14.4 Å². The van der Waals surface area contributed by atoms with E-state index in [1.165, 1.54) is 6.92 Å². The lowest BCUT2D eigenvalue weighted by Crippen LogP contribution is -2.40. The molecular formula is C14H17N3O3. The Morgan fingerprint density at radius 1 is 1.40 bits per heavy atom. The van der Waals surface area contributed by atoms with Crippen LogP contribution in [0.5, 0.6) is 0 Å².